The summed E-state index contributed by atoms with van der Waals surface area (Å²) in [6.07, 6.45) is 2.04. The number of amides is 1. The van der Waals surface area contributed by atoms with E-state index in [1.54, 1.807) is 0 Å². The standard InChI is InChI=1S/C22H29N3O/c1-2-9-21(19-10-5-3-6-11-19)23-22(26)18-24-14-16-25(17-15-24)20-12-7-4-8-13-20/h3-8,10-13,21H,2,9,14-18H2,1H3,(H,23,26)/p+1/t21-/m1/s1. The smallest absolute Gasteiger partial charge is 0.275 e. The lowest BCUT2D eigenvalue weighted by Gasteiger charge is -2.33. The Morgan fingerprint density at radius 3 is 2.27 bits per heavy atom. The summed E-state index contributed by atoms with van der Waals surface area (Å²) in [4.78, 5) is 16.4. The Morgan fingerprint density at radius 2 is 1.65 bits per heavy atom. The Labute approximate surface area is 156 Å². The molecular weight excluding hydrogens is 322 g/mol. The molecule has 2 aromatic rings. The molecule has 0 radical (unpaired) electrons. The second-order valence-corrected chi connectivity index (χ2v) is 7.07. The van der Waals surface area contributed by atoms with E-state index in [0.717, 1.165) is 39.0 Å². The maximum Gasteiger partial charge on any atom is 0.275 e. The van der Waals surface area contributed by atoms with E-state index in [4.69, 9.17) is 0 Å². The van der Waals surface area contributed by atoms with Gasteiger partial charge in [-0.1, -0.05) is 61.9 Å². The van der Waals surface area contributed by atoms with E-state index in [2.05, 4.69) is 59.6 Å². The van der Waals surface area contributed by atoms with Crippen LogP contribution in [0.4, 0.5) is 5.69 Å². The van der Waals surface area contributed by atoms with E-state index >= 15 is 0 Å². The third-order valence-electron chi connectivity index (χ3n) is 5.12. The molecule has 1 saturated heterocycles. The zero-order valence-corrected chi connectivity index (χ0v) is 15.7. The summed E-state index contributed by atoms with van der Waals surface area (Å²) in [6, 6.07) is 21.0. The van der Waals surface area contributed by atoms with Crippen molar-refractivity contribution in [2.24, 2.45) is 0 Å². The van der Waals surface area contributed by atoms with Gasteiger partial charge in [-0.3, -0.25) is 4.79 Å². The van der Waals surface area contributed by atoms with Crippen LogP contribution < -0.4 is 15.1 Å². The van der Waals surface area contributed by atoms with Gasteiger partial charge in [-0.15, -0.1) is 0 Å². The molecule has 4 heteroatoms. The van der Waals surface area contributed by atoms with E-state index in [9.17, 15) is 4.79 Å². The fourth-order valence-electron chi connectivity index (χ4n) is 3.67. The fourth-order valence-corrected chi connectivity index (χ4v) is 3.67. The van der Waals surface area contributed by atoms with Crippen molar-refractivity contribution in [3.63, 3.8) is 0 Å². The van der Waals surface area contributed by atoms with Gasteiger partial charge in [-0.25, -0.2) is 0 Å². The van der Waals surface area contributed by atoms with Gasteiger partial charge in [0.1, 0.15) is 0 Å². The molecule has 0 bridgehead atoms. The van der Waals surface area contributed by atoms with Gasteiger partial charge < -0.3 is 15.1 Å². The van der Waals surface area contributed by atoms with E-state index in [1.165, 1.54) is 16.2 Å². The van der Waals surface area contributed by atoms with Crippen molar-refractivity contribution in [3.8, 4) is 0 Å². The normalized spacial score (nSPS) is 16.3. The molecular formula is C22H30N3O+. The molecule has 1 fully saturated rings. The van der Waals surface area contributed by atoms with Crippen LogP contribution in [0, 0.1) is 0 Å². The van der Waals surface area contributed by atoms with Gasteiger partial charge in [0.25, 0.3) is 5.91 Å². The zero-order valence-electron chi connectivity index (χ0n) is 15.7. The summed E-state index contributed by atoms with van der Waals surface area (Å²) < 4.78 is 0. The molecule has 138 valence electrons. The summed E-state index contributed by atoms with van der Waals surface area (Å²) >= 11 is 0. The Bertz CT molecular complexity index is 666. The summed E-state index contributed by atoms with van der Waals surface area (Å²) in [5, 5.41) is 3.25. The van der Waals surface area contributed by atoms with Crippen LogP contribution in [0.25, 0.3) is 0 Å². The quantitative estimate of drug-likeness (QED) is 0.800. The third-order valence-corrected chi connectivity index (χ3v) is 5.12. The maximum absolute atomic E-state index is 12.6. The van der Waals surface area contributed by atoms with Crippen molar-refractivity contribution in [2.75, 3.05) is 37.6 Å². The summed E-state index contributed by atoms with van der Waals surface area (Å²) in [5.41, 5.74) is 2.48. The Kier molecular flexibility index (Phi) is 6.67. The zero-order chi connectivity index (χ0) is 18.2. The number of nitrogens with one attached hydrogen (secondary N) is 2. The second kappa shape index (κ2) is 9.39. The van der Waals surface area contributed by atoms with Crippen LogP contribution in [0.5, 0.6) is 0 Å². The molecule has 1 heterocycles. The second-order valence-electron chi connectivity index (χ2n) is 7.07. The third kappa shape index (κ3) is 5.09. The summed E-state index contributed by atoms with van der Waals surface area (Å²) in [6.45, 7) is 6.75. The average molecular weight is 353 g/mol. The number of piperazine rings is 1. The van der Waals surface area contributed by atoms with Gasteiger partial charge in [0.2, 0.25) is 0 Å². The largest absolute Gasteiger partial charge is 0.360 e. The first-order chi connectivity index (χ1) is 12.8. The number of carbonyl (C=O) groups is 1. The maximum atomic E-state index is 12.6. The number of hydrogen-bond acceptors (Lipinski definition) is 2. The van der Waals surface area contributed by atoms with Crippen molar-refractivity contribution >= 4 is 11.6 Å². The SMILES string of the molecule is CCC[C@@H](NC(=O)C[NH+]1CCN(c2ccccc2)CC1)c1ccccc1. The minimum absolute atomic E-state index is 0.124. The van der Waals surface area contributed by atoms with Crippen LogP contribution in [-0.2, 0) is 4.79 Å². The Morgan fingerprint density at radius 1 is 1.04 bits per heavy atom. The number of anilines is 1. The molecule has 0 saturated carbocycles. The molecule has 4 nitrogen and oxygen atoms in total. The lowest BCUT2D eigenvalue weighted by Crippen LogP contribution is -3.16. The Hall–Kier alpha value is -2.33. The van der Waals surface area contributed by atoms with Gasteiger partial charge in [-0.2, -0.15) is 0 Å². The van der Waals surface area contributed by atoms with E-state index in [0.29, 0.717) is 6.54 Å². The van der Waals surface area contributed by atoms with Gasteiger partial charge in [-0.05, 0) is 24.1 Å². The van der Waals surface area contributed by atoms with Crippen molar-refractivity contribution in [1.29, 1.82) is 0 Å². The molecule has 2 N–H and O–H groups in total. The molecule has 3 rings (SSSR count). The predicted octanol–water partition coefficient (Wildman–Crippen LogP) is 2.05. The van der Waals surface area contributed by atoms with Gasteiger partial charge in [0.05, 0.1) is 32.2 Å². The first kappa shape index (κ1) is 18.5. The molecule has 2 aromatic carbocycles. The van der Waals surface area contributed by atoms with Crippen LogP contribution in [0.3, 0.4) is 0 Å². The molecule has 1 amide bonds. The molecule has 0 aromatic heterocycles. The Balaban J connectivity index is 1.49. The number of benzene rings is 2. The first-order valence-electron chi connectivity index (χ1n) is 9.74. The fraction of sp³-hybridized carbons (Fsp3) is 0.409. The summed E-state index contributed by atoms with van der Waals surface area (Å²) in [7, 11) is 0. The molecule has 1 aliphatic rings. The number of rotatable bonds is 7. The molecule has 1 atom stereocenters. The van der Waals surface area contributed by atoms with Crippen LogP contribution >= 0.6 is 0 Å². The highest BCUT2D eigenvalue weighted by atomic mass is 16.2. The molecule has 1 aliphatic heterocycles. The number of nitrogens with zero attached hydrogens (tertiary/aromatic N) is 1. The summed E-state index contributed by atoms with van der Waals surface area (Å²) in [5.74, 6) is 0.162. The molecule has 0 spiro atoms. The molecule has 0 unspecified atom stereocenters. The van der Waals surface area contributed by atoms with Crippen molar-refractivity contribution in [2.45, 2.75) is 25.8 Å². The number of hydrogen-bond donors (Lipinski definition) is 2. The van der Waals surface area contributed by atoms with Crippen LogP contribution in [0.1, 0.15) is 31.4 Å². The van der Waals surface area contributed by atoms with E-state index < -0.39 is 0 Å². The van der Waals surface area contributed by atoms with E-state index in [1.807, 2.05) is 18.2 Å². The lowest BCUT2D eigenvalue weighted by molar-refractivity contribution is -0.892. The monoisotopic (exact) mass is 352 g/mol. The highest BCUT2D eigenvalue weighted by Gasteiger charge is 2.23. The van der Waals surface area contributed by atoms with Crippen molar-refractivity contribution in [3.05, 3.63) is 66.2 Å². The van der Waals surface area contributed by atoms with E-state index in [-0.39, 0.29) is 11.9 Å². The lowest BCUT2D eigenvalue weighted by atomic mass is 10.0. The minimum Gasteiger partial charge on any atom is -0.360 e. The predicted molar refractivity (Wildman–Crippen MR) is 106 cm³/mol. The highest BCUT2D eigenvalue weighted by molar-refractivity contribution is 5.77. The van der Waals surface area contributed by atoms with Crippen LogP contribution in [0.2, 0.25) is 0 Å². The van der Waals surface area contributed by atoms with Gasteiger partial charge >= 0.3 is 0 Å². The average Bonchev–Trinajstić information content (AvgIpc) is 2.69. The topological polar surface area (TPSA) is 36.8 Å². The van der Waals surface area contributed by atoms with Gasteiger partial charge in [0.15, 0.2) is 6.54 Å². The number of quaternary nitrogens is 1. The highest BCUT2D eigenvalue weighted by Crippen LogP contribution is 2.17. The van der Waals surface area contributed by atoms with Gasteiger partial charge in [0, 0.05) is 5.69 Å². The minimum atomic E-state index is 0.124. The van der Waals surface area contributed by atoms with Crippen LogP contribution in [-0.4, -0.2) is 38.6 Å². The number of para-hydroxylation sites is 1. The van der Waals surface area contributed by atoms with Crippen molar-refractivity contribution in [1.82, 2.24) is 5.32 Å². The van der Waals surface area contributed by atoms with Crippen molar-refractivity contribution < 1.29 is 9.69 Å². The molecule has 26 heavy (non-hydrogen) atoms. The number of carbonyl (C=O) groups excluding carboxylic acids is 1. The van der Waals surface area contributed by atoms with Crippen LogP contribution in [0.15, 0.2) is 60.7 Å². The molecule has 0 aliphatic carbocycles. The first-order valence-corrected chi connectivity index (χ1v) is 9.74.